The maximum absolute atomic E-state index is 13.3. The first-order chi connectivity index (χ1) is 16.5. The molecule has 4 nitrogen and oxygen atoms in total. The molecule has 0 saturated heterocycles. The highest BCUT2D eigenvalue weighted by Gasteiger charge is 2.50. The molecule has 5 aromatic rings. The Morgan fingerprint density at radius 1 is 0.676 bits per heavy atom. The van der Waals surface area contributed by atoms with Crippen molar-refractivity contribution in [3.05, 3.63) is 125 Å². The molecule has 34 heavy (non-hydrogen) atoms. The number of carbonyl (C=O) groups is 1. The van der Waals surface area contributed by atoms with Crippen LogP contribution >= 0.6 is 0 Å². The van der Waals surface area contributed by atoms with E-state index in [1.165, 1.54) is 0 Å². The van der Waals surface area contributed by atoms with Crippen LogP contribution in [0.25, 0.3) is 27.6 Å². The van der Waals surface area contributed by atoms with Gasteiger partial charge in [0, 0.05) is 27.5 Å². The Kier molecular flexibility index (Phi) is 4.26. The third-order valence-electron chi connectivity index (χ3n) is 6.69. The number of cyclic esters (lactones) is 1. The average molecular weight is 444 g/mol. The van der Waals surface area contributed by atoms with E-state index in [1.54, 1.807) is 24.3 Å². The Labute approximate surface area is 196 Å². The van der Waals surface area contributed by atoms with Gasteiger partial charge in [-0.2, -0.15) is 0 Å². The van der Waals surface area contributed by atoms with Gasteiger partial charge >= 0.3 is 5.97 Å². The lowest BCUT2D eigenvalue weighted by Gasteiger charge is -2.32. The van der Waals surface area contributed by atoms with Crippen LogP contribution in [0.5, 0.6) is 11.5 Å². The van der Waals surface area contributed by atoms with Crippen molar-refractivity contribution < 1.29 is 19.7 Å². The first kappa shape index (κ1) is 20.1. The van der Waals surface area contributed by atoms with Crippen LogP contribution < -0.4 is 0 Å². The number of carbonyl (C=O) groups excluding carboxylic acids is 1. The van der Waals surface area contributed by atoms with E-state index in [-0.39, 0.29) is 11.5 Å². The van der Waals surface area contributed by atoms with Crippen LogP contribution in [0, 0.1) is 0 Å². The molecule has 1 aliphatic heterocycles. The van der Waals surface area contributed by atoms with Crippen LogP contribution in [-0.4, -0.2) is 16.2 Å². The van der Waals surface area contributed by atoms with E-state index >= 15 is 0 Å². The standard InChI is InChI=1S/C30H20O4/c1-2-18-11-12-26-23(17-18)29(33)34-30(26,24-13-15-27(31)21-9-5-3-7-19(21)24)25-14-16-28(32)22-10-6-4-8-20(22)25/h2-17,31-32H,1H2. The van der Waals surface area contributed by atoms with Crippen LogP contribution in [-0.2, 0) is 10.3 Å². The molecule has 164 valence electrons. The van der Waals surface area contributed by atoms with Gasteiger partial charge in [0.15, 0.2) is 5.60 Å². The van der Waals surface area contributed by atoms with Crippen molar-refractivity contribution in [2.75, 3.05) is 0 Å². The molecule has 0 radical (unpaired) electrons. The molecule has 4 heteroatoms. The summed E-state index contributed by atoms with van der Waals surface area (Å²) in [7, 11) is 0. The summed E-state index contributed by atoms with van der Waals surface area (Å²) in [6.07, 6.45) is 1.69. The Morgan fingerprint density at radius 2 is 1.18 bits per heavy atom. The molecule has 0 spiro atoms. The van der Waals surface area contributed by atoms with E-state index in [2.05, 4.69) is 6.58 Å². The van der Waals surface area contributed by atoms with Crippen LogP contribution in [0.1, 0.15) is 32.6 Å². The third-order valence-corrected chi connectivity index (χ3v) is 6.69. The summed E-state index contributed by atoms with van der Waals surface area (Å²) in [5.41, 5.74) is 2.16. The number of phenolic OH excluding ortho intramolecular Hbond substituents is 2. The number of hydrogen-bond acceptors (Lipinski definition) is 4. The van der Waals surface area contributed by atoms with E-state index in [1.807, 2.05) is 72.8 Å². The van der Waals surface area contributed by atoms with Gasteiger partial charge in [0.05, 0.1) is 5.56 Å². The topological polar surface area (TPSA) is 66.8 Å². The maximum atomic E-state index is 13.3. The highest BCUT2D eigenvalue weighted by molar-refractivity contribution is 6.02. The number of fused-ring (bicyclic) bond motifs is 3. The highest BCUT2D eigenvalue weighted by Crippen LogP contribution is 2.52. The SMILES string of the molecule is C=Cc1ccc2c(c1)C(=O)OC2(c1ccc(O)c2ccccc12)c1ccc(O)c2ccccc12. The summed E-state index contributed by atoms with van der Waals surface area (Å²) in [4.78, 5) is 13.3. The van der Waals surface area contributed by atoms with Crippen LogP contribution in [0.3, 0.4) is 0 Å². The number of benzene rings is 5. The van der Waals surface area contributed by atoms with Crippen molar-refractivity contribution >= 4 is 33.6 Å². The molecule has 0 aromatic heterocycles. The number of hydrogen-bond donors (Lipinski definition) is 2. The molecule has 0 bridgehead atoms. The zero-order valence-electron chi connectivity index (χ0n) is 18.2. The predicted octanol–water partition coefficient (Wildman–Crippen LogP) is 6.51. The van der Waals surface area contributed by atoms with Crippen molar-refractivity contribution in [3.8, 4) is 11.5 Å². The Bertz CT molecular complexity index is 1560. The van der Waals surface area contributed by atoms with Gasteiger partial charge in [-0.05, 0) is 46.7 Å². The second-order valence-corrected chi connectivity index (χ2v) is 8.44. The molecule has 0 atom stereocenters. The number of phenols is 2. The molecule has 0 aliphatic carbocycles. The van der Waals surface area contributed by atoms with Crippen LogP contribution in [0.15, 0.2) is 97.6 Å². The van der Waals surface area contributed by atoms with E-state index in [4.69, 9.17) is 4.74 Å². The minimum absolute atomic E-state index is 0.150. The smallest absolute Gasteiger partial charge is 0.340 e. The second kappa shape index (κ2) is 7.22. The minimum Gasteiger partial charge on any atom is -0.507 e. The summed E-state index contributed by atoms with van der Waals surface area (Å²) in [6.45, 7) is 3.83. The Hall–Kier alpha value is -4.57. The van der Waals surface area contributed by atoms with E-state index < -0.39 is 11.6 Å². The van der Waals surface area contributed by atoms with Crippen LogP contribution in [0.2, 0.25) is 0 Å². The lowest BCUT2D eigenvalue weighted by atomic mass is 9.76. The average Bonchev–Trinajstić information content (AvgIpc) is 3.17. The molecule has 0 amide bonds. The van der Waals surface area contributed by atoms with Crippen LogP contribution in [0.4, 0.5) is 0 Å². The molecular formula is C30H20O4. The summed E-state index contributed by atoms with van der Waals surface area (Å²) in [6, 6.07) is 27.5. The maximum Gasteiger partial charge on any atom is 0.340 e. The van der Waals surface area contributed by atoms with Gasteiger partial charge in [0.25, 0.3) is 0 Å². The predicted molar refractivity (Wildman–Crippen MR) is 133 cm³/mol. The zero-order chi connectivity index (χ0) is 23.4. The lowest BCUT2D eigenvalue weighted by molar-refractivity contribution is 0.0260. The van der Waals surface area contributed by atoms with Crippen molar-refractivity contribution in [3.63, 3.8) is 0 Å². The number of aromatic hydroxyl groups is 2. The summed E-state index contributed by atoms with van der Waals surface area (Å²) < 4.78 is 6.35. The van der Waals surface area contributed by atoms with Gasteiger partial charge in [-0.3, -0.25) is 0 Å². The number of esters is 1. The van der Waals surface area contributed by atoms with E-state index in [9.17, 15) is 15.0 Å². The fraction of sp³-hybridized carbons (Fsp3) is 0.0333. The van der Waals surface area contributed by atoms with E-state index in [0.717, 1.165) is 27.5 Å². The zero-order valence-corrected chi connectivity index (χ0v) is 18.2. The number of rotatable bonds is 3. The molecule has 5 aromatic carbocycles. The fourth-order valence-corrected chi connectivity index (χ4v) is 5.14. The molecule has 6 rings (SSSR count). The molecule has 1 aliphatic rings. The van der Waals surface area contributed by atoms with Gasteiger partial charge in [0.2, 0.25) is 0 Å². The molecule has 1 heterocycles. The molecule has 2 N–H and O–H groups in total. The molecular weight excluding hydrogens is 424 g/mol. The monoisotopic (exact) mass is 444 g/mol. The lowest BCUT2D eigenvalue weighted by Crippen LogP contribution is -2.30. The minimum atomic E-state index is -1.28. The van der Waals surface area contributed by atoms with Gasteiger partial charge in [-0.15, -0.1) is 0 Å². The molecule has 0 unspecified atom stereocenters. The van der Waals surface area contributed by atoms with Crippen molar-refractivity contribution in [2.24, 2.45) is 0 Å². The quantitative estimate of drug-likeness (QED) is 0.311. The summed E-state index contributed by atoms with van der Waals surface area (Å²) in [5, 5.41) is 24.0. The third kappa shape index (κ3) is 2.63. The largest absolute Gasteiger partial charge is 0.507 e. The summed E-state index contributed by atoms with van der Waals surface area (Å²) in [5.74, 6) is -0.138. The van der Waals surface area contributed by atoms with Gasteiger partial charge in [-0.25, -0.2) is 4.79 Å². The van der Waals surface area contributed by atoms with Crippen molar-refractivity contribution in [2.45, 2.75) is 5.60 Å². The Morgan fingerprint density at radius 3 is 1.71 bits per heavy atom. The first-order valence-electron chi connectivity index (χ1n) is 11.0. The normalized spacial score (nSPS) is 14.2. The Balaban J connectivity index is 1.81. The van der Waals surface area contributed by atoms with Crippen molar-refractivity contribution in [1.29, 1.82) is 0 Å². The highest BCUT2D eigenvalue weighted by atomic mass is 16.6. The van der Waals surface area contributed by atoms with Gasteiger partial charge < -0.3 is 14.9 Å². The first-order valence-corrected chi connectivity index (χ1v) is 11.0. The second-order valence-electron chi connectivity index (χ2n) is 8.44. The fourth-order valence-electron chi connectivity index (χ4n) is 5.14. The number of ether oxygens (including phenoxy) is 1. The van der Waals surface area contributed by atoms with Gasteiger partial charge in [0.1, 0.15) is 11.5 Å². The van der Waals surface area contributed by atoms with Gasteiger partial charge in [-0.1, -0.05) is 73.3 Å². The van der Waals surface area contributed by atoms with E-state index in [0.29, 0.717) is 21.9 Å². The molecule has 0 saturated carbocycles. The molecule has 0 fully saturated rings. The van der Waals surface area contributed by atoms with Crippen molar-refractivity contribution in [1.82, 2.24) is 0 Å². The summed E-state index contributed by atoms with van der Waals surface area (Å²) >= 11 is 0.